The van der Waals surface area contributed by atoms with Gasteiger partial charge < -0.3 is 26.8 Å². The van der Waals surface area contributed by atoms with Gasteiger partial charge in [0.05, 0.1) is 27.1 Å². The van der Waals surface area contributed by atoms with Crippen LogP contribution in [-0.4, -0.2) is 9.13 Å². The Kier molecular flexibility index (Phi) is 18.4. The zero-order chi connectivity index (χ0) is 79.2. The minimum absolute atomic E-state index is 0.718. The normalized spacial score (nSPS) is 12.4. The minimum atomic E-state index is 0.718. The van der Waals surface area contributed by atoms with Crippen LogP contribution in [0.5, 0.6) is 0 Å². The average molecular weight is 1650 g/mol. The van der Waals surface area contributed by atoms with E-state index in [0.29, 0.717) is 0 Å². The van der Waals surface area contributed by atoms with Crippen molar-refractivity contribution in [2.75, 3.05) is 0 Å². The summed E-state index contributed by atoms with van der Waals surface area (Å²) in [6.45, 7) is 4.13. The number of nitrogens with zero attached hydrogens (tertiary/aromatic N) is 2. The lowest BCUT2D eigenvalue weighted by molar-refractivity contribution is 0.666. The second kappa shape index (κ2) is 30.0. The Hall–Kier alpha value is -13.4. The molecule has 0 N–H and O–H groups in total. The Morgan fingerprint density at radius 1 is 0.314 bits per heavy atom. The molecule has 10 heteroatoms. The molecule has 0 fully saturated rings. The number of aryl methyl sites for hydroxylation is 2. The molecule has 0 saturated heterocycles. The summed E-state index contributed by atoms with van der Waals surface area (Å²) in [6.07, 6.45) is 6.64. The number of aromatic nitrogens is 2. The third-order valence-electron chi connectivity index (χ3n) is 23.0. The van der Waals surface area contributed by atoms with Crippen molar-refractivity contribution in [1.82, 2.24) is 9.13 Å². The van der Waals surface area contributed by atoms with Crippen molar-refractivity contribution in [3.05, 3.63) is 406 Å². The van der Waals surface area contributed by atoms with E-state index < -0.39 is 0 Å². The first-order valence-electron chi connectivity index (χ1n) is 39.5. The monoisotopic (exact) mass is 1640 g/mol. The highest BCUT2D eigenvalue weighted by molar-refractivity contribution is 9.10. The quantitative estimate of drug-likeness (QED) is 0.160. The van der Waals surface area contributed by atoms with Gasteiger partial charge in [0.25, 0.3) is 0 Å². The number of halogens is 4. The fraction of sp³-hybridized carbons (Fsp3) is 0.0370. The highest BCUT2D eigenvalue weighted by atomic mass is 79.9. The molecule has 23 aromatic rings. The Labute approximate surface area is 702 Å². The lowest BCUT2D eigenvalue weighted by Gasteiger charge is -2.16. The first-order chi connectivity index (χ1) is 58.0. The SMILES string of the molecule is Brc1ccc2c3ccc(-c4cccc5c4oc4ccccc45)cc3n(-c3ccccc3)c2c1.Cc1cc(Cl)cc(-c2ccc3c(c2)oc2c(C)cccc23)c1.Clc1cc(-c2cccc3c2oc2ccccc23)cc2c3ccccc3n(-c3ccccc3)c12.Clc1cccc(C2=CC(c3cc4ccccc4c4c3oc3ccccc34)=CCC2)c1. The molecule has 0 aliphatic heterocycles. The van der Waals surface area contributed by atoms with Crippen LogP contribution in [0, 0.1) is 13.8 Å². The molecular formula is C108H70BrCl3N2O4. The van der Waals surface area contributed by atoms with E-state index in [2.05, 4.69) is 330 Å². The van der Waals surface area contributed by atoms with E-state index in [1.54, 1.807) is 0 Å². The zero-order valence-electron chi connectivity index (χ0n) is 64.1. The van der Waals surface area contributed by atoms with Gasteiger partial charge >= 0.3 is 0 Å². The van der Waals surface area contributed by atoms with Crippen LogP contribution in [0.2, 0.25) is 15.1 Å². The molecule has 0 radical (unpaired) electrons. The maximum atomic E-state index is 7.02. The number of para-hydroxylation sites is 9. The van der Waals surface area contributed by atoms with E-state index in [0.717, 1.165) is 182 Å². The summed E-state index contributed by atoms with van der Waals surface area (Å²) in [5.41, 5.74) is 28.0. The van der Waals surface area contributed by atoms with Crippen molar-refractivity contribution < 1.29 is 17.7 Å². The maximum absolute atomic E-state index is 7.02. The lowest BCUT2D eigenvalue weighted by atomic mass is 9.89. The number of benzene rings is 17. The molecule has 0 spiro atoms. The third-order valence-corrected chi connectivity index (χ3v) is 24.2. The average Bonchev–Trinajstić information content (AvgIpc) is 1.58. The molecule has 17 aromatic carbocycles. The standard InChI is InChI=1S/C30H18BrNO.C30H18ClNO.C28H19ClO.C20H15ClO/c31-20-14-16-24-23-15-13-19(17-27(23)32(28(24)18-20)21-7-2-1-3-8-21)22-10-6-11-26-25-9-4-5-12-29(25)33-30(22)26;31-26-18-19(21-13-8-14-24-23-12-5-7-16-28(23)33-30(21)24)17-25-22-11-4-6-15-27(22)32(29(25)26)20-9-2-1-3-10-20;29-22-11-6-9-19(16-22)18-8-5-10-20(15-18)25-17-21-7-1-2-12-23(21)27-24-13-3-4-14-26(24)30-28(25)27;1-12-8-15(10-16(21)9-12)14-6-7-17-18-5-3-4-13(2)20(18)22-19(17)11-14/h2*1-18H;1-4,6-7,9-17H,5,8H2;3-11H,1-2H3. The fourth-order valence-electron chi connectivity index (χ4n) is 17.6. The molecule has 24 rings (SSSR count). The summed E-state index contributed by atoms with van der Waals surface area (Å²) >= 11 is 23.1. The molecule has 118 heavy (non-hydrogen) atoms. The smallest absolute Gasteiger partial charge is 0.143 e. The van der Waals surface area contributed by atoms with Crippen LogP contribution < -0.4 is 0 Å². The summed E-state index contributed by atoms with van der Waals surface area (Å²) < 4.78 is 30.8. The second-order valence-corrected chi connectivity index (χ2v) is 32.5. The predicted octanol–water partition coefficient (Wildman–Crippen LogP) is 33.3. The second-order valence-electron chi connectivity index (χ2n) is 30.3. The topological polar surface area (TPSA) is 62.4 Å². The number of rotatable bonds is 7. The van der Waals surface area contributed by atoms with E-state index in [9.17, 15) is 0 Å². The van der Waals surface area contributed by atoms with Crippen molar-refractivity contribution in [1.29, 1.82) is 0 Å². The minimum Gasteiger partial charge on any atom is -0.456 e. The van der Waals surface area contributed by atoms with Crippen molar-refractivity contribution in [2.45, 2.75) is 26.7 Å². The van der Waals surface area contributed by atoms with E-state index in [1.165, 1.54) is 70.8 Å². The molecule has 0 bridgehead atoms. The van der Waals surface area contributed by atoms with Crippen LogP contribution in [0.3, 0.4) is 0 Å². The van der Waals surface area contributed by atoms with E-state index in [-0.39, 0.29) is 0 Å². The Morgan fingerprint density at radius 2 is 0.847 bits per heavy atom. The summed E-state index contributed by atoms with van der Waals surface area (Å²) in [6, 6.07) is 122. The molecule has 1 aliphatic rings. The zero-order valence-corrected chi connectivity index (χ0v) is 67.9. The molecule has 0 unspecified atom stereocenters. The molecule has 6 nitrogen and oxygen atoms in total. The van der Waals surface area contributed by atoms with Crippen molar-refractivity contribution in [3.8, 4) is 44.8 Å². The Bertz CT molecular complexity index is 8010. The first kappa shape index (κ1) is 72.3. The van der Waals surface area contributed by atoms with Gasteiger partial charge in [0.15, 0.2) is 0 Å². The molecule has 6 heterocycles. The number of furan rings is 4. The molecule has 0 saturated carbocycles. The predicted molar refractivity (Wildman–Crippen MR) is 501 cm³/mol. The highest BCUT2D eigenvalue weighted by Crippen LogP contribution is 2.47. The first-order valence-corrected chi connectivity index (χ1v) is 41.5. The van der Waals surface area contributed by atoms with Crippen LogP contribution in [0.1, 0.15) is 35.1 Å². The van der Waals surface area contributed by atoms with Gasteiger partial charge in [-0.1, -0.05) is 293 Å². The number of hydrogen-bond acceptors (Lipinski definition) is 4. The van der Waals surface area contributed by atoms with Gasteiger partial charge in [-0.15, -0.1) is 0 Å². The van der Waals surface area contributed by atoms with Crippen molar-refractivity contribution in [3.63, 3.8) is 0 Å². The Morgan fingerprint density at radius 3 is 1.56 bits per heavy atom. The van der Waals surface area contributed by atoms with Crippen LogP contribution in [0.25, 0.3) is 198 Å². The van der Waals surface area contributed by atoms with Gasteiger partial charge in [0.2, 0.25) is 0 Å². The summed E-state index contributed by atoms with van der Waals surface area (Å²) in [5.74, 6) is 0. The fourth-order valence-corrected chi connectivity index (χ4v) is 18.8. The summed E-state index contributed by atoms with van der Waals surface area (Å²) in [5, 5.41) is 18.7. The number of allylic oxidation sites excluding steroid dienone is 4. The maximum Gasteiger partial charge on any atom is 0.143 e. The van der Waals surface area contributed by atoms with Crippen LogP contribution in [0.15, 0.2) is 386 Å². The largest absolute Gasteiger partial charge is 0.456 e. The lowest BCUT2D eigenvalue weighted by Crippen LogP contribution is -1.94. The molecule has 0 amide bonds. The van der Waals surface area contributed by atoms with E-state index in [4.69, 9.17) is 52.5 Å². The Balaban J connectivity index is 0.0000000988. The van der Waals surface area contributed by atoms with E-state index >= 15 is 0 Å². The summed E-state index contributed by atoms with van der Waals surface area (Å²) in [7, 11) is 0. The number of fused-ring (bicyclic) bond motifs is 20. The molecule has 1 aliphatic carbocycles. The van der Waals surface area contributed by atoms with Gasteiger partial charge in [0, 0.05) is 107 Å². The van der Waals surface area contributed by atoms with Crippen LogP contribution in [0.4, 0.5) is 0 Å². The van der Waals surface area contributed by atoms with Gasteiger partial charge in [0.1, 0.15) is 44.7 Å². The molecule has 6 aromatic heterocycles. The van der Waals surface area contributed by atoms with Crippen LogP contribution >= 0.6 is 50.7 Å². The summed E-state index contributed by atoms with van der Waals surface area (Å²) in [4.78, 5) is 0. The molecule has 564 valence electrons. The van der Waals surface area contributed by atoms with Gasteiger partial charge in [-0.25, -0.2) is 0 Å². The van der Waals surface area contributed by atoms with Crippen molar-refractivity contribution in [2.24, 2.45) is 0 Å². The number of hydrogen-bond donors (Lipinski definition) is 0. The van der Waals surface area contributed by atoms with Crippen LogP contribution in [-0.2, 0) is 0 Å². The molecule has 0 atom stereocenters. The van der Waals surface area contributed by atoms with Gasteiger partial charge in [-0.2, -0.15) is 0 Å². The van der Waals surface area contributed by atoms with Gasteiger partial charge in [-0.3, -0.25) is 0 Å². The van der Waals surface area contributed by atoms with E-state index in [1.807, 2.05) is 72.8 Å². The van der Waals surface area contributed by atoms with Crippen molar-refractivity contribution >= 4 is 204 Å². The molecular weight excluding hydrogens is 1580 g/mol. The van der Waals surface area contributed by atoms with Gasteiger partial charge in [-0.05, 0) is 209 Å². The highest BCUT2D eigenvalue weighted by Gasteiger charge is 2.24. The third kappa shape index (κ3) is 12.9.